The van der Waals surface area contributed by atoms with E-state index in [1.165, 1.54) is 17.7 Å². The molecule has 0 amide bonds. The molecule has 1 saturated heterocycles. The zero-order valence-electron chi connectivity index (χ0n) is 19.7. The Morgan fingerprint density at radius 1 is 0.686 bits per heavy atom. The number of fused-ring (bicyclic) bond motifs is 2. The summed E-state index contributed by atoms with van der Waals surface area (Å²) in [4.78, 5) is 9.05. The number of para-hydroxylation sites is 1. The summed E-state index contributed by atoms with van der Waals surface area (Å²) in [5.74, 6) is 0. The third-order valence-electron chi connectivity index (χ3n) is 6.83. The Morgan fingerprint density at radius 3 is 2.09 bits per heavy atom. The lowest BCUT2D eigenvalue weighted by Gasteiger charge is -2.36. The van der Waals surface area contributed by atoms with Gasteiger partial charge in [0.25, 0.3) is 0 Å². The van der Waals surface area contributed by atoms with Crippen LogP contribution in [-0.4, -0.2) is 55.6 Å². The standard InChI is InChI=1S/C28H30F3N3S/c29-28(30,31)23-11-12-27-25(21-23)34(24-9-4-5-10-26(24)35-27)15-6-14-32-17-19-33(20-18-32)16-13-22-7-2-1-3-8-22/h1-5,7-12,21H,6,13-20H2. The van der Waals surface area contributed by atoms with E-state index in [1.54, 1.807) is 17.8 Å². The summed E-state index contributed by atoms with van der Waals surface area (Å²) in [6.45, 7) is 6.93. The van der Waals surface area contributed by atoms with Crippen molar-refractivity contribution < 1.29 is 13.2 Å². The number of hydrogen-bond acceptors (Lipinski definition) is 4. The highest BCUT2D eigenvalue weighted by atomic mass is 32.2. The molecule has 0 radical (unpaired) electrons. The van der Waals surface area contributed by atoms with Gasteiger partial charge in [0.1, 0.15) is 0 Å². The molecule has 2 aliphatic rings. The monoisotopic (exact) mass is 497 g/mol. The second kappa shape index (κ2) is 10.6. The summed E-state index contributed by atoms with van der Waals surface area (Å²) in [5, 5.41) is 0. The third kappa shape index (κ3) is 5.85. The lowest BCUT2D eigenvalue weighted by atomic mass is 10.1. The highest BCUT2D eigenvalue weighted by Crippen LogP contribution is 2.49. The average molecular weight is 498 g/mol. The molecule has 35 heavy (non-hydrogen) atoms. The van der Waals surface area contributed by atoms with Crippen molar-refractivity contribution in [3.63, 3.8) is 0 Å². The maximum Gasteiger partial charge on any atom is 0.416 e. The van der Waals surface area contributed by atoms with Gasteiger partial charge in [-0.2, -0.15) is 13.2 Å². The van der Waals surface area contributed by atoms with Gasteiger partial charge >= 0.3 is 6.18 Å². The summed E-state index contributed by atoms with van der Waals surface area (Å²) in [6, 6.07) is 22.7. The van der Waals surface area contributed by atoms with E-state index in [0.29, 0.717) is 12.2 Å². The van der Waals surface area contributed by atoms with E-state index in [9.17, 15) is 13.2 Å². The summed E-state index contributed by atoms with van der Waals surface area (Å²) in [6.07, 6.45) is -2.37. The molecule has 3 nitrogen and oxygen atoms in total. The highest BCUT2D eigenvalue weighted by molar-refractivity contribution is 7.99. The topological polar surface area (TPSA) is 9.72 Å². The van der Waals surface area contributed by atoms with Gasteiger partial charge in [-0.1, -0.05) is 54.2 Å². The van der Waals surface area contributed by atoms with Gasteiger partial charge in [-0.05, 0) is 55.3 Å². The Labute approximate surface area is 209 Å². The van der Waals surface area contributed by atoms with Crippen LogP contribution in [0.15, 0.2) is 82.6 Å². The summed E-state index contributed by atoms with van der Waals surface area (Å²) in [5.41, 5.74) is 2.45. The number of benzene rings is 3. The lowest BCUT2D eigenvalue weighted by Crippen LogP contribution is -2.47. The van der Waals surface area contributed by atoms with Crippen LogP contribution >= 0.6 is 11.8 Å². The maximum atomic E-state index is 13.4. The van der Waals surface area contributed by atoms with Crippen molar-refractivity contribution in [1.82, 2.24) is 9.80 Å². The molecule has 7 heteroatoms. The second-order valence-electron chi connectivity index (χ2n) is 9.17. The van der Waals surface area contributed by atoms with Crippen molar-refractivity contribution in [1.29, 1.82) is 0 Å². The number of alkyl halides is 3. The lowest BCUT2D eigenvalue weighted by molar-refractivity contribution is -0.137. The van der Waals surface area contributed by atoms with E-state index < -0.39 is 11.7 Å². The number of nitrogens with zero attached hydrogens (tertiary/aromatic N) is 3. The van der Waals surface area contributed by atoms with Gasteiger partial charge in [-0.3, -0.25) is 0 Å². The Balaban J connectivity index is 1.18. The third-order valence-corrected chi connectivity index (χ3v) is 7.96. The largest absolute Gasteiger partial charge is 0.416 e. The number of piperazine rings is 1. The van der Waals surface area contributed by atoms with Crippen molar-refractivity contribution in [3.05, 3.63) is 83.9 Å². The van der Waals surface area contributed by atoms with Crippen LogP contribution in [0.4, 0.5) is 24.5 Å². The second-order valence-corrected chi connectivity index (χ2v) is 10.3. The number of hydrogen-bond donors (Lipinski definition) is 0. The van der Waals surface area contributed by atoms with Crippen molar-refractivity contribution in [2.75, 3.05) is 50.7 Å². The summed E-state index contributed by atoms with van der Waals surface area (Å²) in [7, 11) is 0. The summed E-state index contributed by atoms with van der Waals surface area (Å²) >= 11 is 1.55. The fourth-order valence-electron chi connectivity index (χ4n) is 4.87. The van der Waals surface area contributed by atoms with Gasteiger partial charge in [-0.15, -0.1) is 0 Å². The van der Waals surface area contributed by atoms with E-state index in [4.69, 9.17) is 0 Å². The van der Waals surface area contributed by atoms with Crippen molar-refractivity contribution in [2.24, 2.45) is 0 Å². The zero-order chi connectivity index (χ0) is 24.3. The zero-order valence-corrected chi connectivity index (χ0v) is 20.5. The predicted octanol–water partition coefficient (Wildman–Crippen LogP) is 6.56. The molecule has 0 aromatic heterocycles. The minimum Gasteiger partial charge on any atom is -0.340 e. The Morgan fingerprint density at radius 2 is 1.34 bits per heavy atom. The molecule has 1 fully saturated rings. The van der Waals surface area contributed by atoms with E-state index in [2.05, 4.69) is 45.0 Å². The molecule has 3 aromatic carbocycles. The average Bonchev–Trinajstić information content (AvgIpc) is 2.87. The van der Waals surface area contributed by atoms with Crippen LogP contribution in [-0.2, 0) is 12.6 Å². The van der Waals surface area contributed by atoms with Gasteiger partial charge < -0.3 is 14.7 Å². The molecule has 0 bridgehead atoms. The van der Waals surface area contributed by atoms with Crippen LogP contribution in [0.2, 0.25) is 0 Å². The van der Waals surface area contributed by atoms with Crippen LogP contribution < -0.4 is 4.90 Å². The number of halogens is 3. The van der Waals surface area contributed by atoms with Crippen molar-refractivity contribution >= 4 is 23.1 Å². The first-order chi connectivity index (χ1) is 17.0. The smallest absolute Gasteiger partial charge is 0.340 e. The normalized spacial score (nSPS) is 16.7. The minimum absolute atomic E-state index is 0.590. The van der Waals surface area contributed by atoms with Gasteiger partial charge in [0.2, 0.25) is 0 Å². The molecule has 2 aliphatic heterocycles. The number of rotatable bonds is 7. The number of anilines is 2. The predicted molar refractivity (Wildman–Crippen MR) is 137 cm³/mol. The highest BCUT2D eigenvalue weighted by Gasteiger charge is 2.33. The molecule has 5 rings (SSSR count). The molecule has 0 aliphatic carbocycles. The fourth-order valence-corrected chi connectivity index (χ4v) is 5.94. The first-order valence-corrected chi connectivity index (χ1v) is 13.0. The first-order valence-electron chi connectivity index (χ1n) is 12.2. The summed E-state index contributed by atoms with van der Waals surface area (Å²) < 4.78 is 40.3. The van der Waals surface area contributed by atoms with E-state index in [1.807, 2.05) is 24.3 Å². The molecule has 184 valence electrons. The van der Waals surface area contributed by atoms with Gasteiger partial charge in [0.05, 0.1) is 16.9 Å². The molecule has 3 aromatic rings. The SMILES string of the molecule is FC(F)(F)c1ccc2c(c1)N(CCCN1CCN(CCc3ccccc3)CC1)c1ccccc1S2. The molecule has 0 saturated carbocycles. The Bertz CT molecular complexity index is 1130. The maximum absolute atomic E-state index is 13.4. The van der Waals surface area contributed by atoms with Crippen LogP contribution in [0, 0.1) is 0 Å². The molecule has 2 heterocycles. The Kier molecular flexibility index (Phi) is 7.37. The van der Waals surface area contributed by atoms with E-state index in [-0.39, 0.29) is 0 Å². The quantitative estimate of drug-likeness (QED) is 0.366. The van der Waals surface area contributed by atoms with E-state index in [0.717, 1.165) is 67.6 Å². The van der Waals surface area contributed by atoms with Crippen molar-refractivity contribution in [3.8, 4) is 0 Å². The minimum atomic E-state index is -4.34. The molecule has 0 unspecified atom stereocenters. The van der Waals surface area contributed by atoms with Gasteiger partial charge in [0, 0.05) is 49.1 Å². The first kappa shape index (κ1) is 24.2. The van der Waals surface area contributed by atoms with Crippen LogP contribution in [0.5, 0.6) is 0 Å². The fraction of sp³-hybridized carbons (Fsp3) is 0.357. The molecule has 0 atom stereocenters. The molecule has 0 spiro atoms. The van der Waals surface area contributed by atoms with Crippen molar-refractivity contribution in [2.45, 2.75) is 28.8 Å². The Hall–Kier alpha value is -2.48. The van der Waals surface area contributed by atoms with E-state index >= 15 is 0 Å². The van der Waals surface area contributed by atoms with Crippen LogP contribution in [0.3, 0.4) is 0 Å². The van der Waals surface area contributed by atoms with Crippen LogP contribution in [0.1, 0.15) is 17.5 Å². The molecule has 0 N–H and O–H groups in total. The molecular weight excluding hydrogens is 467 g/mol. The molecular formula is C28H30F3N3S. The van der Waals surface area contributed by atoms with Crippen LogP contribution in [0.25, 0.3) is 0 Å². The van der Waals surface area contributed by atoms with Gasteiger partial charge in [0.15, 0.2) is 0 Å². The van der Waals surface area contributed by atoms with Gasteiger partial charge in [-0.25, -0.2) is 0 Å².